The number of fused-ring (bicyclic) bond motifs is 2. The van der Waals surface area contributed by atoms with Gasteiger partial charge in [0.1, 0.15) is 0 Å². The van der Waals surface area contributed by atoms with Crippen LogP contribution in [0.15, 0.2) is 47.4 Å². The number of halogens is 1. The highest BCUT2D eigenvalue weighted by molar-refractivity contribution is 6.31. The first kappa shape index (κ1) is 15.6. The third-order valence-electron chi connectivity index (χ3n) is 4.09. The number of aliphatic carboxylic acids is 1. The van der Waals surface area contributed by atoms with Crippen LogP contribution in [0.3, 0.4) is 0 Å². The van der Waals surface area contributed by atoms with Gasteiger partial charge < -0.3 is 15.1 Å². The van der Waals surface area contributed by atoms with Crippen LogP contribution >= 0.6 is 11.6 Å². The zero-order valence-corrected chi connectivity index (χ0v) is 13.6. The van der Waals surface area contributed by atoms with Crippen molar-refractivity contribution >= 4 is 34.2 Å². The summed E-state index contributed by atoms with van der Waals surface area (Å²) in [4.78, 5) is 29.8. The zero-order chi connectivity index (χ0) is 17.6. The average Bonchev–Trinajstić information content (AvgIpc) is 2.92. The lowest BCUT2D eigenvalue weighted by Gasteiger charge is -2.20. The fourth-order valence-electron chi connectivity index (χ4n) is 2.97. The normalized spacial score (nSPS) is 16.2. The second-order valence-electron chi connectivity index (χ2n) is 5.79. The monoisotopic (exact) mass is 356 g/mol. The molecule has 3 N–H and O–H groups in total. The summed E-state index contributed by atoms with van der Waals surface area (Å²) in [5.74, 6) is -1.06. The molecular formula is C17H13ClN4O3. The van der Waals surface area contributed by atoms with Crippen molar-refractivity contribution in [3.8, 4) is 0 Å². The molecule has 1 unspecified atom stereocenters. The van der Waals surface area contributed by atoms with Crippen LogP contribution in [0.4, 0.5) is 5.69 Å². The van der Waals surface area contributed by atoms with Gasteiger partial charge in [-0.25, -0.2) is 5.43 Å². The van der Waals surface area contributed by atoms with Crippen LogP contribution in [-0.4, -0.2) is 21.0 Å². The number of nitrogens with zero attached hydrogens (tertiary/aromatic N) is 2. The first-order valence-electron chi connectivity index (χ1n) is 7.55. The molecule has 0 saturated carbocycles. The standard InChI is InChI=1S/C17H13ClN4O3/c18-11-6-10-5-9(1-2-12(10)19-7-11)8-22-13-3-4-14(23)20-15(13)16(21-22)17(24)25/h1-7,16,21H,8H2,(H,20,23)(H,24,25). The van der Waals surface area contributed by atoms with Crippen LogP contribution in [0.5, 0.6) is 0 Å². The Kier molecular flexibility index (Phi) is 3.67. The van der Waals surface area contributed by atoms with Gasteiger partial charge in [0.25, 0.3) is 0 Å². The van der Waals surface area contributed by atoms with E-state index in [4.69, 9.17) is 11.6 Å². The second-order valence-corrected chi connectivity index (χ2v) is 6.23. The van der Waals surface area contributed by atoms with E-state index in [0.717, 1.165) is 16.5 Å². The molecule has 0 spiro atoms. The van der Waals surface area contributed by atoms with E-state index >= 15 is 0 Å². The van der Waals surface area contributed by atoms with E-state index in [1.165, 1.54) is 6.07 Å². The highest BCUT2D eigenvalue weighted by Crippen LogP contribution is 2.31. The molecule has 7 nitrogen and oxygen atoms in total. The molecule has 0 aliphatic carbocycles. The lowest BCUT2D eigenvalue weighted by Crippen LogP contribution is -2.36. The SMILES string of the molecule is O=C(O)C1NN(Cc2ccc3ncc(Cl)cc3c2)c2ccc(=O)[nH]c21. The molecule has 25 heavy (non-hydrogen) atoms. The van der Waals surface area contributed by atoms with Crippen LogP contribution < -0.4 is 16.0 Å². The number of nitrogens with one attached hydrogen (secondary N) is 2. The molecule has 1 aliphatic rings. The summed E-state index contributed by atoms with van der Waals surface area (Å²) in [6.07, 6.45) is 1.59. The molecule has 2 aromatic heterocycles. The Morgan fingerprint density at radius 2 is 2.12 bits per heavy atom. The summed E-state index contributed by atoms with van der Waals surface area (Å²) in [7, 11) is 0. The van der Waals surface area contributed by atoms with E-state index in [1.54, 1.807) is 17.3 Å². The summed E-state index contributed by atoms with van der Waals surface area (Å²) >= 11 is 5.99. The molecule has 1 atom stereocenters. The number of anilines is 1. The predicted octanol–water partition coefficient (Wildman–Crippen LogP) is 2.23. The Morgan fingerprint density at radius 3 is 2.92 bits per heavy atom. The zero-order valence-electron chi connectivity index (χ0n) is 12.9. The van der Waals surface area contributed by atoms with Gasteiger partial charge >= 0.3 is 5.97 Å². The van der Waals surface area contributed by atoms with Gasteiger partial charge in [0.15, 0.2) is 6.04 Å². The molecule has 1 aromatic carbocycles. The first-order valence-corrected chi connectivity index (χ1v) is 7.93. The fourth-order valence-corrected chi connectivity index (χ4v) is 3.14. The third kappa shape index (κ3) is 2.84. The maximum atomic E-state index is 11.5. The van der Waals surface area contributed by atoms with Gasteiger partial charge in [-0.3, -0.25) is 14.6 Å². The van der Waals surface area contributed by atoms with Crippen molar-refractivity contribution < 1.29 is 9.90 Å². The molecule has 4 rings (SSSR count). The molecule has 1 aliphatic heterocycles. The molecule has 8 heteroatoms. The van der Waals surface area contributed by atoms with E-state index in [1.807, 2.05) is 24.3 Å². The number of H-pyrrole nitrogens is 1. The maximum absolute atomic E-state index is 11.5. The smallest absolute Gasteiger partial charge is 0.328 e. The number of aromatic nitrogens is 2. The van der Waals surface area contributed by atoms with Crippen molar-refractivity contribution in [1.82, 2.24) is 15.4 Å². The number of carbonyl (C=O) groups is 1. The average molecular weight is 357 g/mol. The number of hydrogen-bond donors (Lipinski definition) is 3. The van der Waals surface area contributed by atoms with Crippen molar-refractivity contribution in [3.63, 3.8) is 0 Å². The van der Waals surface area contributed by atoms with Crippen LogP contribution in [0.25, 0.3) is 10.9 Å². The lowest BCUT2D eigenvalue weighted by atomic mass is 10.1. The molecule has 0 fully saturated rings. The van der Waals surface area contributed by atoms with Gasteiger partial charge in [0, 0.05) is 17.6 Å². The largest absolute Gasteiger partial charge is 0.480 e. The van der Waals surface area contributed by atoms with Crippen molar-refractivity contribution in [2.24, 2.45) is 0 Å². The predicted molar refractivity (Wildman–Crippen MR) is 93.5 cm³/mol. The number of rotatable bonds is 3. The Bertz CT molecular complexity index is 1050. The van der Waals surface area contributed by atoms with E-state index in [0.29, 0.717) is 22.9 Å². The van der Waals surface area contributed by atoms with Crippen LogP contribution in [-0.2, 0) is 11.3 Å². The number of aromatic amines is 1. The number of carboxylic acids is 1. The van der Waals surface area contributed by atoms with Gasteiger partial charge in [-0.15, -0.1) is 0 Å². The van der Waals surface area contributed by atoms with Gasteiger partial charge in [-0.1, -0.05) is 17.7 Å². The number of carboxylic acid groups (broad SMARTS) is 1. The summed E-state index contributed by atoms with van der Waals surface area (Å²) < 4.78 is 0. The number of hydrazine groups is 1. The minimum Gasteiger partial charge on any atom is -0.480 e. The molecule has 126 valence electrons. The molecule has 0 bridgehead atoms. The number of pyridine rings is 2. The van der Waals surface area contributed by atoms with Crippen molar-refractivity contribution in [1.29, 1.82) is 0 Å². The van der Waals surface area contributed by atoms with Gasteiger partial charge in [0.2, 0.25) is 5.56 Å². The van der Waals surface area contributed by atoms with Crippen LogP contribution in [0, 0.1) is 0 Å². The molecule has 0 amide bonds. The van der Waals surface area contributed by atoms with Crippen molar-refractivity contribution in [3.05, 3.63) is 69.2 Å². The Balaban J connectivity index is 1.69. The molecule has 0 saturated heterocycles. The van der Waals surface area contributed by atoms with Crippen molar-refractivity contribution in [2.45, 2.75) is 12.6 Å². The number of benzene rings is 1. The molecule has 0 radical (unpaired) electrons. The Hall–Kier alpha value is -2.90. The summed E-state index contributed by atoms with van der Waals surface area (Å²) in [6.45, 7) is 0.422. The second kappa shape index (κ2) is 5.87. The first-order chi connectivity index (χ1) is 12.0. The van der Waals surface area contributed by atoms with E-state index in [9.17, 15) is 14.7 Å². The molecular weight excluding hydrogens is 344 g/mol. The third-order valence-corrected chi connectivity index (χ3v) is 4.30. The van der Waals surface area contributed by atoms with Gasteiger partial charge in [0.05, 0.1) is 28.5 Å². The quantitative estimate of drug-likeness (QED) is 0.665. The summed E-state index contributed by atoms with van der Waals surface area (Å²) in [5, 5.41) is 12.5. The highest BCUT2D eigenvalue weighted by atomic mass is 35.5. The Morgan fingerprint density at radius 1 is 1.28 bits per heavy atom. The summed E-state index contributed by atoms with van der Waals surface area (Å²) in [5.41, 5.74) is 5.35. The van der Waals surface area contributed by atoms with Crippen LogP contribution in [0.2, 0.25) is 5.02 Å². The topological polar surface area (TPSA) is 98.3 Å². The molecule has 3 aromatic rings. The summed E-state index contributed by atoms with van der Waals surface area (Å²) in [6, 6.07) is 9.60. The minimum atomic E-state index is -1.06. The van der Waals surface area contributed by atoms with Crippen LogP contribution in [0.1, 0.15) is 17.3 Å². The fraction of sp³-hybridized carbons (Fsp3) is 0.118. The van der Waals surface area contributed by atoms with E-state index < -0.39 is 12.0 Å². The Labute approximate surface area is 146 Å². The number of hydrogen-bond acceptors (Lipinski definition) is 5. The van der Waals surface area contributed by atoms with E-state index in [-0.39, 0.29) is 5.56 Å². The highest BCUT2D eigenvalue weighted by Gasteiger charge is 2.34. The maximum Gasteiger partial charge on any atom is 0.328 e. The molecule has 3 heterocycles. The minimum absolute atomic E-state index is 0.333. The van der Waals surface area contributed by atoms with Gasteiger partial charge in [-0.05, 0) is 29.8 Å². The lowest BCUT2D eigenvalue weighted by molar-refractivity contribution is -0.139. The van der Waals surface area contributed by atoms with Gasteiger partial charge in [-0.2, -0.15) is 0 Å². The van der Waals surface area contributed by atoms with E-state index in [2.05, 4.69) is 15.4 Å². The van der Waals surface area contributed by atoms with Crippen molar-refractivity contribution in [2.75, 3.05) is 5.01 Å².